The Balaban J connectivity index is 1.98. The van der Waals surface area contributed by atoms with Crippen LogP contribution in [0.1, 0.15) is 6.42 Å². The second-order valence-corrected chi connectivity index (χ2v) is 7.56. The Morgan fingerprint density at radius 3 is 2.70 bits per heavy atom. The van der Waals surface area contributed by atoms with Gasteiger partial charge in [-0.05, 0) is 25.1 Å². The summed E-state index contributed by atoms with van der Waals surface area (Å²) in [6.07, 6.45) is 0.771. The molecular weight excluding hydrogens is 318 g/mol. The molecule has 7 nitrogen and oxygen atoms in total. The first-order valence-electron chi connectivity index (χ1n) is 7.65. The van der Waals surface area contributed by atoms with Crippen LogP contribution in [0.25, 0.3) is 0 Å². The summed E-state index contributed by atoms with van der Waals surface area (Å²) < 4.78 is 37.2. The first-order chi connectivity index (χ1) is 10.9. The van der Waals surface area contributed by atoms with Crippen LogP contribution in [0.15, 0.2) is 23.1 Å². The lowest BCUT2D eigenvalue weighted by Gasteiger charge is -2.27. The minimum absolute atomic E-state index is 0.142. The van der Waals surface area contributed by atoms with Gasteiger partial charge in [0, 0.05) is 38.4 Å². The Morgan fingerprint density at radius 1 is 1.35 bits per heavy atom. The van der Waals surface area contributed by atoms with Gasteiger partial charge in [-0.1, -0.05) is 0 Å². The Morgan fingerprint density at radius 2 is 2.04 bits per heavy atom. The van der Waals surface area contributed by atoms with Gasteiger partial charge in [0.1, 0.15) is 10.6 Å². The van der Waals surface area contributed by atoms with Crippen molar-refractivity contribution in [1.82, 2.24) is 9.21 Å². The van der Waals surface area contributed by atoms with E-state index in [-0.39, 0.29) is 10.6 Å². The van der Waals surface area contributed by atoms with Crippen molar-refractivity contribution in [2.45, 2.75) is 11.3 Å². The number of morpholine rings is 1. The summed E-state index contributed by atoms with van der Waals surface area (Å²) in [5.74, 6) is 0.269. The highest BCUT2D eigenvalue weighted by atomic mass is 32.2. The van der Waals surface area contributed by atoms with Gasteiger partial charge in [-0.3, -0.25) is 4.90 Å². The molecule has 0 amide bonds. The average Bonchev–Trinajstić information content (AvgIpc) is 2.55. The highest BCUT2D eigenvalue weighted by Crippen LogP contribution is 2.28. The smallest absolute Gasteiger partial charge is 0.246 e. The summed E-state index contributed by atoms with van der Waals surface area (Å²) in [6, 6.07) is 4.58. The quantitative estimate of drug-likeness (QED) is 0.731. The van der Waals surface area contributed by atoms with Crippen LogP contribution in [0.2, 0.25) is 0 Å². The third kappa shape index (κ3) is 4.57. The monoisotopic (exact) mass is 343 g/mol. The summed E-state index contributed by atoms with van der Waals surface area (Å²) in [7, 11) is -0.567. The summed E-state index contributed by atoms with van der Waals surface area (Å²) in [5, 5.41) is 0. The molecule has 1 fully saturated rings. The zero-order valence-electron chi connectivity index (χ0n) is 13.7. The van der Waals surface area contributed by atoms with E-state index in [0.717, 1.165) is 39.3 Å². The number of sulfonamides is 1. The van der Waals surface area contributed by atoms with E-state index in [1.54, 1.807) is 13.1 Å². The largest absolute Gasteiger partial charge is 0.495 e. The minimum Gasteiger partial charge on any atom is -0.495 e. The lowest BCUT2D eigenvalue weighted by atomic mass is 10.3. The van der Waals surface area contributed by atoms with Gasteiger partial charge in [-0.2, -0.15) is 0 Å². The van der Waals surface area contributed by atoms with Crippen molar-refractivity contribution in [3.8, 4) is 5.75 Å². The topological polar surface area (TPSA) is 85.1 Å². The van der Waals surface area contributed by atoms with Gasteiger partial charge in [0.15, 0.2) is 0 Å². The molecule has 0 spiro atoms. The molecule has 2 rings (SSSR count). The van der Waals surface area contributed by atoms with Gasteiger partial charge in [0.2, 0.25) is 10.0 Å². The third-order valence-electron chi connectivity index (χ3n) is 3.93. The molecule has 0 atom stereocenters. The molecule has 2 N–H and O–H groups in total. The zero-order chi connectivity index (χ0) is 16.9. The van der Waals surface area contributed by atoms with E-state index in [9.17, 15) is 8.42 Å². The molecule has 0 saturated carbocycles. The molecule has 1 aliphatic heterocycles. The molecule has 1 aromatic carbocycles. The van der Waals surface area contributed by atoms with Crippen LogP contribution < -0.4 is 10.5 Å². The van der Waals surface area contributed by atoms with Crippen LogP contribution in [0.3, 0.4) is 0 Å². The number of nitrogens with two attached hydrogens (primary N) is 1. The zero-order valence-corrected chi connectivity index (χ0v) is 14.5. The molecule has 1 aliphatic rings. The lowest BCUT2D eigenvalue weighted by Crippen LogP contribution is -2.38. The van der Waals surface area contributed by atoms with E-state index in [0.29, 0.717) is 12.2 Å². The van der Waals surface area contributed by atoms with Crippen molar-refractivity contribution in [2.75, 3.05) is 59.3 Å². The van der Waals surface area contributed by atoms with Crippen LogP contribution in [-0.2, 0) is 14.8 Å². The highest BCUT2D eigenvalue weighted by molar-refractivity contribution is 7.89. The lowest BCUT2D eigenvalue weighted by molar-refractivity contribution is 0.0370. The fraction of sp³-hybridized carbons (Fsp3) is 0.600. The molecule has 1 aromatic rings. The second kappa shape index (κ2) is 7.96. The predicted octanol–water partition coefficient (Wildman–Crippen LogP) is 0.620. The van der Waals surface area contributed by atoms with Crippen LogP contribution in [0.4, 0.5) is 5.69 Å². The van der Waals surface area contributed by atoms with Crippen molar-refractivity contribution in [3.05, 3.63) is 18.2 Å². The number of nitrogens with zero attached hydrogens (tertiary/aromatic N) is 2. The Labute approximate surface area is 138 Å². The van der Waals surface area contributed by atoms with Crippen LogP contribution >= 0.6 is 0 Å². The first-order valence-corrected chi connectivity index (χ1v) is 9.09. The molecule has 1 heterocycles. The van der Waals surface area contributed by atoms with Gasteiger partial charge in [-0.15, -0.1) is 0 Å². The van der Waals surface area contributed by atoms with Gasteiger partial charge >= 0.3 is 0 Å². The Bertz CT molecular complexity index is 615. The average molecular weight is 343 g/mol. The van der Waals surface area contributed by atoms with Crippen LogP contribution in [0, 0.1) is 0 Å². The molecular formula is C15H25N3O4S. The van der Waals surface area contributed by atoms with E-state index < -0.39 is 10.0 Å². The van der Waals surface area contributed by atoms with Crippen LogP contribution in [-0.4, -0.2) is 71.2 Å². The third-order valence-corrected chi connectivity index (χ3v) is 5.82. The standard InChI is InChI=1S/C15H25N3O4S/c1-17(6-3-7-18-8-10-22-11-9-18)23(19,20)15-5-4-13(16)12-14(15)21-2/h4-5,12H,3,6-11,16H2,1-2H3. The maximum absolute atomic E-state index is 12.7. The van der Waals surface area contributed by atoms with Crippen molar-refractivity contribution in [2.24, 2.45) is 0 Å². The number of methoxy groups -OCH3 is 1. The molecule has 0 radical (unpaired) electrons. The Kier molecular flexibility index (Phi) is 6.23. The van der Waals surface area contributed by atoms with Gasteiger partial charge < -0.3 is 15.2 Å². The van der Waals surface area contributed by atoms with Crippen molar-refractivity contribution >= 4 is 15.7 Å². The van der Waals surface area contributed by atoms with E-state index >= 15 is 0 Å². The summed E-state index contributed by atoms with van der Waals surface area (Å²) in [5.41, 5.74) is 6.15. The molecule has 23 heavy (non-hydrogen) atoms. The summed E-state index contributed by atoms with van der Waals surface area (Å²) in [4.78, 5) is 2.43. The van der Waals surface area contributed by atoms with Crippen molar-refractivity contribution in [3.63, 3.8) is 0 Å². The van der Waals surface area contributed by atoms with Crippen molar-refractivity contribution < 1.29 is 17.9 Å². The highest BCUT2D eigenvalue weighted by Gasteiger charge is 2.24. The minimum atomic E-state index is -3.59. The van der Waals surface area contributed by atoms with Gasteiger partial charge in [-0.25, -0.2) is 12.7 Å². The summed E-state index contributed by atoms with van der Waals surface area (Å²) >= 11 is 0. The molecule has 1 saturated heterocycles. The van der Waals surface area contributed by atoms with E-state index in [1.807, 2.05) is 0 Å². The molecule has 0 aromatic heterocycles. The predicted molar refractivity (Wildman–Crippen MR) is 89.1 cm³/mol. The fourth-order valence-electron chi connectivity index (χ4n) is 2.53. The SMILES string of the molecule is COc1cc(N)ccc1S(=O)(=O)N(C)CCCN1CCOCC1. The number of anilines is 1. The second-order valence-electron chi connectivity index (χ2n) is 5.54. The fourth-order valence-corrected chi connectivity index (χ4v) is 3.87. The number of ether oxygens (including phenoxy) is 2. The first kappa shape index (κ1) is 18.0. The normalized spacial score (nSPS) is 16.7. The van der Waals surface area contributed by atoms with E-state index in [1.165, 1.54) is 23.5 Å². The number of rotatable bonds is 7. The van der Waals surface area contributed by atoms with Gasteiger partial charge in [0.25, 0.3) is 0 Å². The molecule has 0 aliphatic carbocycles. The summed E-state index contributed by atoms with van der Waals surface area (Å²) in [6.45, 7) is 4.62. The van der Waals surface area contributed by atoms with Gasteiger partial charge in [0.05, 0.1) is 20.3 Å². The maximum Gasteiger partial charge on any atom is 0.246 e. The Hall–Kier alpha value is -1.35. The number of hydrogen-bond acceptors (Lipinski definition) is 6. The molecule has 0 unspecified atom stereocenters. The van der Waals surface area contributed by atoms with Crippen molar-refractivity contribution in [1.29, 1.82) is 0 Å². The number of benzene rings is 1. The van der Waals surface area contributed by atoms with Crippen LogP contribution in [0.5, 0.6) is 5.75 Å². The molecule has 130 valence electrons. The number of nitrogen functional groups attached to an aromatic ring is 1. The number of hydrogen-bond donors (Lipinski definition) is 1. The van der Waals surface area contributed by atoms with E-state index in [4.69, 9.17) is 15.2 Å². The van der Waals surface area contributed by atoms with E-state index in [2.05, 4.69) is 4.90 Å². The maximum atomic E-state index is 12.7. The molecule has 0 bridgehead atoms. The molecule has 8 heteroatoms.